The Morgan fingerprint density at radius 3 is 2.57 bits per heavy atom. The summed E-state index contributed by atoms with van der Waals surface area (Å²) in [5.41, 5.74) is 1.77. The van der Waals surface area contributed by atoms with E-state index in [0.29, 0.717) is 0 Å². The van der Waals surface area contributed by atoms with Crippen LogP contribution in [-0.2, 0) is 10.0 Å². The van der Waals surface area contributed by atoms with E-state index in [9.17, 15) is 18.5 Å². The van der Waals surface area contributed by atoms with Crippen LogP contribution in [0.25, 0.3) is 0 Å². The van der Waals surface area contributed by atoms with Crippen LogP contribution in [0.2, 0.25) is 0 Å². The third-order valence-corrected chi connectivity index (χ3v) is 3.94. The third kappa shape index (κ3) is 3.24. The molecule has 110 valence electrons. The second-order valence-electron chi connectivity index (χ2n) is 3.90. The number of anilines is 2. The van der Waals surface area contributed by atoms with E-state index >= 15 is 0 Å². The van der Waals surface area contributed by atoms with Crippen molar-refractivity contribution in [1.29, 1.82) is 0 Å². The Labute approximate surface area is 120 Å². The molecule has 4 N–H and O–H groups in total. The Hall–Kier alpha value is -2.72. The highest BCUT2D eigenvalue weighted by Crippen LogP contribution is 2.26. The number of nitro groups is 1. The van der Waals surface area contributed by atoms with Crippen LogP contribution in [0.1, 0.15) is 0 Å². The lowest BCUT2D eigenvalue weighted by molar-refractivity contribution is -0.384. The molecule has 0 saturated carbocycles. The maximum atomic E-state index is 12.2. The van der Waals surface area contributed by atoms with Crippen LogP contribution in [0.5, 0.6) is 0 Å². The number of rotatable bonds is 5. The summed E-state index contributed by atoms with van der Waals surface area (Å²) < 4.78 is 26.7. The van der Waals surface area contributed by atoms with Crippen molar-refractivity contribution in [3.63, 3.8) is 0 Å². The normalized spacial score (nSPS) is 10.9. The first-order valence-corrected chi connectivity index (χ1v) is 7.11. The highest BCUT2D eigenvalue weighted by atomic mass is 32.2. The minimum absolute atomic E-state index is 0.0902. The molecule has 2 rings (SSSR count). The zero-order valence-corrected chi connectivity index (χ0v) is 11.4. The number of hydrogen-bond donors (Lipinski definition) is 3. The van der Waals surface area contributed by atoms with Crippen LogP contribution >= 0.6 is 0 Å². The number of nitrogens with two attached hydrogens (primary N) is 1. The van der Waals surface area contributed by atoms with Crippen molar-refractivity contribution in [3.05, 3.63) is 52.7 Å². The van der Waals surface area contributed by atoms with Crippen LogP contribution in [0, 0.1) is 10.1 Å². The van der Waals surface area contributed by atoms with E-state index < -0.39 is 14.9 Å². The Morgan fingerprint density at radius 1 is 1.24 bits per heavy atom. The van der Waals surface area contributed by atoms with Gasteiger partial charge >= 0.3 is 0 Å². The van der Waals surface area contributed by atoms with Gasteiger partial charge in [-0.2, -0.15) is 0 Å². The molecule has 0 aliphatic carbocycles. The molecule has 0 fully saturated rings. The monoisotopic (exact) mass is 309 g/mol. The molecule has 10 heteroatoms. The maximum absolute atomic E-state index is 12.2. The van der Waals surface area contributed by atoms with Gasteiger partial charge in [0.05, 0.1) is 10.6 Å². The summed E-state index contributed by atoms with van der Waals surface area (Å²) in [6.45, 7) is 0. The molecule has 2 aromatic rings. The largest absolute Gasteiger partial charge is 0.323 e. The lowest BCUT2D eigenvalue weighted by Gasteiger charge is -2.11. The van der Waals surface area contributed by atoms with Gasteiger partial charge in [-0.3, -0.25) is 20.7 Å². The summed E-state index contributed by atoms with van der Waals surface area (Å²) >= 11 is 0. The number of hydrogen-bond acceptors (Lipinski definition) is 7. The van der Waals surface area contributed by atoms with Gasteiger partial charge in [-0.15, -0.1) is 0 Å². The predicted molar refractivity (Wildman–Crippen MR) is 76.0 cm³/mol. The van der Waals surface area contributed by atoms with E-state index in [-0.39, 0.29) is 22.1 Å². The minimum atomic E-state index is -3.98. The topological polar surface area (TPSA) is 140 Å². The first-order chi connectivity index (χ1) is 9.94. The Bertz CT molecular complexity index is 763. The van der Waals surface area contributed by atoms with Gasteiger partial charge in [0.25, 0.3) is 15.7 Å². The van der Waals surface area contributed by atoms with E-state index in [0.717, 1.165) is 18.2 Å². The summed E-state index contributed by atoms with van der Waals surface area (Å²) in [4.78, 5) is 13.7. The van der Waals surface area contributed by atoms with Gasteiger partial charge in [-0.25, -0.2) is 13.4 Å². The van der Waals surface area contributed by atoms with E-state index in [1.165, 1.54) is 12.3 Å². The number of pyridine rings is 1. The van der Waals surface area contributed by atoms with E-state index in [2.05, 4.69) is 15.1 Å². The molecule has 9 nitrogen and oxygen atoms in total. The molecular weight excluding hydrogens is 298 g/mol. The number of nitrogen functional groups attached to an aromatic ring is 1. The van der Waals surface area contributed by atoms with Crippen molar-refractivity contribution >= 4 is 27.2 Å². The smallest absolute Gasteiger partial charge is 0.271 e. The van der Waals surface area contributed by atoms with Crippen LogP contribution in [-0.4, -0.2) is 18.3 Å². The summed E-state index contributed by atoms with van der Waals surface area (Å²) in [7, 11) is -3.98. The second kappa shape index (κ2) is 5.73. The number of non-ortho nitro benzene ring substituents is 1. The highest BCUT2D eigenvalue weighted by molar-refractivity contribution is 7.92. The van der Waals surface area contributed by atoms with Crippen LogP contribution in [0.4, 0.5) is 17.2 Å². The molecule has 0 atom stereocenters. The summed E-state index contributed by atoms with van der Waals surface area (Å²) in [6.07, 6.45) is 1.43. The molecule has 0 aliphatic heterocycles. The average Bonchev–Trinajstić information content (AvgIpc) is 2.47. The Morgan fingerprint density at radius 2 is 2.00 bits per heavy atom. The molecule has 1 aromatic carbocycles. The molecule has 0 spiro atoms. The Balaban J connectivity index is 2.42. The number of benzene rings is 1. The summed E-state index contributed by atoms with van der Waals surface area (Å²) in [5, 5.41) is 10.7. The van der Waals surface area contributed by atoms with Gasteiger partial charge in [0.15, 0.2) is 0 Å². The van der Waals surface area contributed by atoms with E-state index in [1.54, 1.807) is 12.1 Å². The van der Waals surface area contributed by atoms with Gasteiger partial charge in [0, 0.05) is 18.3 Å². The molecule has 1 aromatic heterocycles. The van der Waals surface area contributed by atoms with Gasteiger partial charge in [-0.05, 0) is 18.2 Å². The van der Waals surface area contributed by atoms with E-state index in [1.807, 2.05) is 0 Å². The molecule has 0 amide bonds. The first kappa shape index (κ1) is 14.7. The van der Waals surface area contributed by atoms with Crippen molar-refractivity contribution in [2.45, 2.75) is 4.90 Å². The molecule has 0 bridgehead atoms. The first-order valence-electron chi connectivity index (χ1n) is 5.63. The van der Waals surface area contributed by atoms with Crippen LogP contribution < -0.4 is 16.0 Å². The van der Waals surface area contributed by atoms with Gasteiger partial charge in [0.1, 0.15) is 10.7 Å². The number of hydrazine groups is 1. The maximum Gasteiger partial charge on any atom is 0.271 e. The quantitative estimate of drug-likeness (QED) is 0.426. The molecule has 0 unspecified atom stereocenters. The zero-order valence-electron chi connectivity index (χ0n) is 10.6. The number of nitro benzene ring substituents is 1. The highest BCUT2D eigenvalue weighted by Gasteiger charge is 2.21. The van der Waals surface area contributed by atoms with Crippen molar-refractivity contribution in [3.8, 4) is 0 Å². The number of aromatic nitrogens is 1. The van der Waals surface area contributed by atoms with Crippen molar-refractivity contribution in [2.24, 2.45) is 5.84 Å². The van der Waals surface area contributed by atoms with Crippen molar-refractivity contribution in [1.82, 2.24) is 4.98 Å². The standard InChI is InChI=1S/C11H11N5O4S/c12-14-9-7-8(16(17)18)4-5-10(9)21(19,20)15-11-3-1-2-6-13-11/h1-7,14H,12H2,(H,13,15). The third-order valence-electron chi connectivity index (χ3n) is 2.52. The fourth-order valence-corrected chi connectivity index (χ4v) is 2.76. The predicted octanol–water partition coefficient (Wildman–Crippen LogP) is 1.08. The van der Waals surface area contributed by atoms with Crippen LogP contribution in [0.3, 0.4) is 0 Å². The summed E-state index contributed by atoms with van der Waals surface area (Å²) in [6, 6.07) is 7.93. The number of nitrogens with zero attached hydrogens (tertiary/aromatic N) is 2. The van der Waals surface area contributed by atoms with Crippen molar-refractivity contribution in [2.75, 3.05) is 10.1 Å². The second-order valence-corrected chi connectivity index (χ2v) is 5.55. The fraction of sp³-hybridized carbons (Fsp3) is 0. The SMILES string of the molecule is NNc1cc([N+](=O)[O-])ccc1S(=O)(=O)Nc1ccccn1. The zero-order chi connectivity index (χ0) is 15.5. The molecule has 0 radical (unpaired) electrons. The van der Waals surface area contributed by atoms with Gasteiger partial charge in [0.2, 0.25) is 0 Å². The van der Waals surface area contributed by atoms with Crippen LogP contribution in [0.15, 0.2) is 47.5 Å². The molecular formula is C11H11N5O4S. The Kier molecular flexibility index (Phi) is 4.00. The lowest BCUT2D eigenvalue weighted by Crippen LogP contribution is -2.18. The lowest BCUT2D eigenvalue weighted by atomic mass is 10.3. The average molecular weight is 309 g/mol. The molecule has 1 heterocycles. The van der Waals surface area contributed by atoms with Crippen molar-refractivity contribution < 1.29 is 13.3 Å². The molecule has 21 heavy (non-hydrogen) atoms. The van der Waals surface area contributed by atoms with Gasteiger partial charge < -0.3 is 5.43 Å². The number of nitrogens with one attached hydrogen (secondary N) is 2. The molecule has 0 aliphatic rings. The van der Waals surface area contributed by atoms with Gasteiger partial charge in [-0.1, -0.05) is 6.07 Å². The summed E-state index contributed by atoms with van der Waals surface area (Å²) in [5.74, 6) is 5.35. The minimum Gasteiger partial charge on any atom is -0.323 e. The molecule has 0 saturated heterocycles. The number of sulfonamides is 1. The fourth-order valence-electron chi connectivity index (χ4n) is 1.59. The van der Waals surface area contributed by atoms with E-state index in [4.69, 9.17) is 5.84 Å².